The van der Waals surface area contributed by atoms with Crippen LogP contribution in [0.4, 0.5) is 0 Å². The number of carbonyl (C=O) groups is 3. The predicted molar refractivity (Wildman–Crippen MR) is 69.8 cm³/mol. The Labute approximate surface area is 114 Å². The molecule has 5 nitrogen and oxygen atoms in total. The smallest absolute Gasteiger partial charge is 0.344 e. The van der Waals surface area contributed by atoms with Crippen molar-refractivity contribution in [3.8, 4) is 0 Å². The van der Waals surface area contributed by atoms with Crippen LogP contribution in [0.2, 0.25) is 0 Å². The molecule has 1 rings (SSSR count). The van der Waals surface area contributed by atoms with Crippen molar-refractivity contribution >= 4 is 30.0 Å². The summed E-state index contributed by atoms with van der Waals surface area (Å²) < 4.78 is 9.04. The van der Waals surface area contributed by atoms with Crippen LogP contribution in [0.5, 0.6) is 0 Å². The fourth-order valence-electron chi connectivity index (χ4n) is 1.19. The molecule has 6 heteroatoms. The SMILES string of the molecule is COC(=O)/C=C(/Sc1ccccc1C=O)C(=O)OC. The minimum Gasteiger partial charge on any atom is -0.466 e. The van der Waals surface area contributed by atoms with Crippen LogP contribution < -0.4 is 0 Å². The number of benzene rings is 1. The van der Waals surface area contributed by atoms with Crippen LogP contribution in [0, 0.1) is 0 Å². The lowest BCUT2D eigenvalue weighted by molar-refractivity contribution is -0.137. The van der Waals surface area contributed by atoms with Crippen molar-refractivity contribution in [2.24, 2.45) is 0 Å². The van der Waals surface area contributed by atoms with E-state index < -0.39 is 11.9 Å². The number of rotatable bonds is 5. The van der Waals surface area contributed by atoms with E-state index in [1.807, 2.05) is 0 Å². The van der Waals surface area contributed by atoms with Crippen molar-refractivity contribution in [3.05, 3.63) is 40.8 Å². The van der Waals surface area contributed by atoms with E-state index in [0.29, 0.717) is 16.7 Å². The van der Waals surface area contributed by atoms with E-state index in [0.717, 1.165) is 17.8 Å². The van der Waals surface area contributed by atoms with Crippen LogP contribution in [0.1, 0.15) is 10.4 Å². The Kier molecular flexibility index (Phi) is 5.81. The largest absolute Gasteiger partial charge is 0.466 e. The summed E-state index contributed by atoms with van der Waals surface area (Å²) in [5, 5.41) is 0. The molecule has 0 aliphatic rings. The molecule has 0 heterocycles. The molecule has 19 heavy (non-hydrogen) atoms. The van der Waals surface area contributed by atoms with Gasteiger partial charge in [-0.05, 0) is 6.07 Å². The summed E-state index contributed by atoms with van der Waals surface area (Å²) in [6, 6.07) is 6.71. The second kappa shape index (κ2) is 7.38. The first-order valence-corrected chi connectivity index (χ1v) is 6.04. The van der Waals surface area contributed by atoms with E-state index >= 15 is 0 Å². The van der Waals surface area contributed by atoms with Crippen molar-refractivity contribution in [1.82, 2.24) is 0 Å². The van der Waals surface area contributed by atoms with Gasteiger partial charge in [-0.15, -0.1) is 0 Å². The lowest BCUT2D eigenvalue weighted by Crippen LogP contribution is -2.06. The molecule has 0 unspecified atom stereocenters. The third kappa shape index (κ3) is 4.26. The molecule has 0 spiro atoms. The summed E-state index contributed by atoms with van der Waals surface area (Å²) in [6.07, 6.45) is 1.70. The zero-order valence-corrected chi connectivity index (χ0v) is 11.2. The van der Waals surface area contributed by atoms with E-state index in [1.54, 1.807) is 24.3 Å². The molecule has 0 aliphatic heterocycles. The number of thioether (sulfide) groups is 1. The minimum absolute atomic E-state index is 0.0450. The predicted octanol–water partition coefficient (Wildman–Crippen LogP) is 1.82. The van der Waals surface area contributed by atoms with Crippen LogP contribution >= 0.6 is 11.8 Å². The van der Waals surface area contributed by atoms with Crippen LogP contribution in [0.3, 0.4) is 0 Å². The third-order valence-electron chi connectivity index (χ3n) is 2.10. The maximum Gasteiger partial charge on any atom is 0.344 e. The van der Waals surface area contributed by atoms with Crippen LogP contribution in [-0.2, 0) is 19.1 Å². The van der Waals surface area contributed by atoms with E-state index in [9.17, 15) is 14.4 Å². The first-order valence-electron chi connectivity index (χ1n) is 5.22. The number of hydrogen-bond acceptors (Lipinski definition) is 6. The average molecular weight is 280 g/mol. The van der Waals surface area contributed by atoms with Gasteiger partial charge < -0.3 is 9.47 Å². The summed E-state index contributed by atoms with van der Waals surface area (Å²) in [6.45, 7) is 0. The molecule has 0 atom stereocenters. The molecule has 0 aromatic heterocycles. The molecule has 0 radical (unpaired) electrons. The molecule has 0 bridgehead atoms. The van der Waals surface area contributed by atoms with Crippen LogP contribution in [-0.4, -0.2) is 32.4 Å². The Morgan fingerprint density at radius 2 is 1.84 bits per heavy atom. The molecule has 1 aromatic rings. The normalized spacial score (nSPS) is 10.7. The lowest BCUT2D eigenvalue weighted by atomic mass is 10.2. The number of hydrogen-bond donors (Lipinski definition) is 0. The highest BCUT2D eigenvalue weighted by Gasteiger charge is 2.15. The van der Waals surface area contributed by atoms with Gasteiger partial charge in [0.2, 0.25) is 0 Å². The van der Waals surface area contributed by atoms with E-state index in [2.05, 4.69) is 9.47 Å². The molecule has 1 aromatic carbocycles. The average Bonchev–Trinajstić information content (AvgIpc) is 2.45. The van der Waals surface area contributed by atoms with Gasteiger partial charge in [-0.3, -0.25) is 4.79 Å². The van der Waals surface area contributed by atoms with Gasteiger partial charge >= 0.3 is 11.9 Å². The van der Waals surface area contributed by atoms with E-state index in [-0.39, 0.29) is 4.91 Å². The van der Waals surface area contributed by atoms with Crippen LogP contribution in [0.25, 0.3) is 0 Å². The molecular formula is C13H12O5S. The summed E-state index contributed by atoms with van der Waals surface area (Å²) in [7, 11) is 2.41. The van der Waals surface area contributed by atoms with Gasteiger partial charge in [0.25, 0.3) is 0 Å². The lowest BCUT2D eigenvalue weighted by Gasteiger charge is -2.06. The number of methoxy groups -OCH3 is 2. The Hall–Kier alpha value is -2.08. The monoisotopic (exact) mass is 280 g/mol. The zero-order valence-electron chi connectivity index (χ0n) is 10.4. The molecular weight excluding hydrogens is 268 g/mol. The number of carbonyl (C=O) groups excluding carboxylic acids is 3. The molecule has 0 amide bonds. The van der Waals surface area contributed by atoms with Crippen molar-refractivity contribution in [2.75, 3.05) is 14.2 Å². The van der Waals surface area contributed by atoms with Gasteiger partial charge in [0.05, 0.1) is 14.2 Å². The third-order valence-corrected chi connectivity index (χ3v) is 3.20. The highest BCUT2D eigenvalue weighted by molar-refractivity contribution is 8.04. The van der Waals surface area contributed by atoms with E-state index in [4.69, 9.17) is 0 Å². The van der Waals surface area contributed by atoms with Gasteiger partial charge in [-0.2, -0.15) is 0 Å². The highest BCUT2D eigenvalue weighted by Crippen LogP contribution is 2.29. The van der Waals surface area contributed by atoms with Crippen molar-refractivity contribution < 1.29 is 23.9 Å². The number of esters is 2. The first-order chi connectivity index (χ1) is 9.12. The maximum absolute atomic E-state index is 11.6. The van der Waals surface area contributed by atoms with Gasteiger partial charge in [-0.25, -0.2) is 9.59 Å². The van der Waals surface area contributed by atoms with Gasteiger partial charge in [0, 0.05) is 16.5 Å². The van der Waals surface area contributed by atoms with Crippen molar-refractivity contribution in [3.63, 3.8) is 0 Å². The van der Waals surface area contributed by atoms with Crippen LogP contribution in [0.15, 0.2) is 40.1 Å². The van der Waals surface area contributed by atoms with Gasteiger partial charge in [-0.1, -0.05) is 30.0 Å². The first kappa shape index (κ1) is 15.0. The highest BCUT2D eigenvalue weighted by atomic mass is 32.2. The second-order valence-electron chi connectivity index (χ2n) is 3.28. The summed E-state index contributed by atoms with van der Waals surface area (Å²) in [4.78, 5) is 34.2. The Morgan fingerprint density at radius 1 is 1.16 bits per heavy atom. The molecule has 0 saturated carbocycles. The summed E-state index contributed by atoms with van der Waals surface area (Å²) in [5.74, 6) is -1.34. The topological polar surface area (TPSA) is 69.7 Å². The molecule has 0 aliphatic carbocycles. The molecule has 0 N–H and O–H groups in total. The molecule has 0 saturated heterocycles. The Morgan fingerprint density at radius 3 is 2.42 bits per heavy atom. The maximum atomic E-state index is 11.6. The Balaban J connectivity index is 3.07. The molecule has 0 fully saturated rings. The standard InChI is InChI=1S/C13H12O5S/c1-17-12(15)7-11(13(16)18-2)19-10-6-4-3-5-9(10)8-14/h3-8H,1-2H3/b11-7+. The zero-order chi connectivity index (χ0) is 14.3. The fraction of sp³-hybridized carbons (Fsp3) is 0.154. The quantitative estimate of drug-likeness (QED) is 0.354. The fourth-order valence-corrected chi connectivity index (χ4v) is 2.13. The van der Waals surface area contributed by atoms with Crippen molar-refractivity contribution in [1.29, 1.82) is 0 Å². The number of ether oxygens (including phenoxy) is 2. The molecule has 100 valence electrons. The van der Waals surface area contributed by atoms with Crippen molar-refractivity contribution in [2.45, 2.75) is 4.90 Å². The summed E-state index contributed by atoms with van der Waals surface area (Å²) in [5.41, 5.74) is 0.423. The number of aldehydes is 1. The van der Waals surface area contributed by atoms with E-state index in [1.165, 1.54) is 14.2 Å². The van der Waals surface area contributed by atoms with Gasteiger partial charge in [0.15, 0.2) is 6.29 Å². The minimum atomic E-state index is -0.670. The second-order valence-corrected chi connectivity index (χ2v) is 4.36. The van der Waals surface area contributed by atoms with Gasteiger partial charge in [0.1, 0.15) is 4.91 Å². The Bertz CT molecular complexity index is 522. The summed E-state index contributed by atoms with van der Waals surface area (Å²) >= 11 is 0.971.